The zero-order valence-electron chi connectivity index (χ0n) is 54.4. The molecular formula is C71H92N2O19. The molecular weight excluding hydrogens is 1180 g/mol. The lowest BCUT2D eigenvalue weighted by Crippen LogP contribution is -2.64. The first kappa shape index (κ1) is 72.1. The molecule has 1 aliphatic carbocycles. The number of phenols is 2. The number of ketones is 4. The number of amides is 2. The Morgan fingerprint density at radius 3 is 2.05 bits per heavy atom. The number of hydrogen-bond donors (Lipinski definition) is 6. The maximum atomic E-state index is 14.8. The number of Topliss-reactive ketones (excluding diaryl/α,β-unsaturated/α-hetero) is 2. The van der Waals surface area contributed by atoms with E-state index >= 15 is 0 Å². The zero-order chi connectivity index (χ0) is 67.1. The van der Waals surface area contributed by atoms with Crippen LogP contribution in [0, 0.1) is 36.5 Å². The minimum absolute atomic E-state index is 0.00893. The zero-order valence-corrected chi connectivity index (χ0v) is 54.4. The minimum atomic E-state index is -2.62. The Morgan fingerprint density at radius 2 is 1.41 bits per heavy atom. The molecule has 7 rings (SSSR count). The van der Waals surface area contributed by atoms with Crippen LogP contribution in [0.15, 0.2) is 96.1 Å². The Balaban J connectivity index is 1.14. The second kappa shape index (κ2) is 33.0. The molecule has 92 heavy (non-hydrogen) atoms. The highest BCUT2D eigenvalue weighted by Gasteiger charge is 2.57. The number of aromatic hydroxyl groups is 2. The Hall–Kier alpha value is -7.37. The van der Waals surface area contributed by atoms with Gasteiger partial charge in [0.25, 0.3) is 11.7 Å². The number of ether oxygens (including phenoxy) is 7. The molecule has 2 saturated heterocycles. The van der Waals surface area contributed by atoms with E-state index in [2.05, 4.69) is 5.32 Å². The molecule has 3 fully saturated rings. The minimum Gasteiger partial charge on any atom is -0.508 e. The van der Waals surface area contributed by atoms with Crippen LogP contribution in [0.25, 0.3) is 12.2 Å². The van der Waals surface area contributed by atoms with Crippen LogP contribution in [0.1, 0.15) is 133 Å². The molecule has 2 bridgehead atoms. The summed E-state index contributed by atoms with van der Waals surface area (Å²) >= 11 is 0. The molecule has 21 heteroatoms. The Bertz CT molecular complexity index is 3230. The van der Waals surface area contributed by atoms with Gasteiger partial charge in [0.15, 0.2) is 23.1 Å². The van der Waals surface area contributed by atoms with Crippen molar-refractivity contribution < 1.29 is 92.3 Å². The van der Waals surface area contributed by atoms with E-state index in [1.807, 2.05) is 19.9 Å². The van der Waals surface area contributed by atoms with E-state index in [1.54, 1.807) is 58.0 Å². The first-order chi connectivity index (χ1) is 43.8. The van der Waals surface area contributed by atoms with Crippen LogP contribution in [-0.2, 0) is 57.2 Å². The van der Waals surface area contributed by atoms with Crippen LogP contribution in [0.2, 0.25) is 0 Å². The van der Waals surface area contributed by atoms with E-state index in [0.29, 0.717) is 72.8 Å². The third kappa shape index (κ3) is 18.3. The smallest absolute Gasteiger partial charge is 0.411 e. The van der Waals surface area contributed by atoms with Gasteiger partial charge in [0.1, 0.15) is 35.7 Å². The SMILES string of the molecule is COc1cc(/C=C/C(=O)C(C(=O)/C=C/c2ccc(O)c(C)c2)c2ccc(NC(=O)OCC[C@@H]3/C=C(\C)C[C@H](C)C[C@H](OC)[C@H]4O[C@@](O)(C(=O)C(=O)N5CCCC[C@H]5C(=O)O[C@H](/C(C)=C/[C@@H]5CC[C@@H](O)[C@H](OC)C5)[C@H](C)[C@@H](O)CC3=O)[C@H](C)C[C@@H]4OC)cc2)ccc1O. The lowest BCUT2D eigenvalue weighted by molar-refractivity contribution is -0.302. The van der Waals surface area contributed by atoms with Crippen molar-refractivity contribution in [3.63, 3.8) is 0 Å². The number of aliphatic hydroxyl groups is 3. The van der Waals surface area contributed by atoms with Crippen molar-refractivity contribution >= 4 is 58.9 Å². The number of cyclic esters (lactones) is 1. The van der Waals surface area contributed by atoms with Gasteiger partial charge in [0.2, 0.25) is 5.79 Å². The first-order valence-electron chi connectivity index (χ1n) is 31.7. The summed E-state index contributed by atoms with van der Waals surface area (Å²) < 4.78 is 41.0. The van der Waals surface area contributed by atoms with Crippen molar-refractivity contribution in [2.24, 2.45) is 29.6 Å². The number of aliphatic hydroxyl groups excluding tert-OH is 2. The number of phenolic OH excluding ortho intramolecular Hbond substituents is 2. The summed E-state index contributed by atoms with van der Waals surface area (Å²) in [7, 11) is 5.88. The summed E-state index contributed by atoms with van der Waals surface area (Å²) in [5.41, 5.74) is 3.62. The Kier molecular flexibility index (Phi) is 25.8. The number of esters is 1. The molecule has 21 nitrogen and oxygen atoms in total. The maximum absolute atomic E-state index is 14.8. The maximum Gasteiger partial charge on any atom is 0.411 e. The van der Waals surface area contributed by atoms with E-state index in [9.17, 15) is 59.1 Å². The predicted molar refractivity (Wildman–Crippen MR) is 342 cm³/mol. The van der Waals surface area contributed by atoms with E-state index < -0.39 is 126 Å². The van der Waals surface area contributed by atoms with Gasteiger partial charge in [-0.05, 0) is 173 Å². The van der Waals surface area contributed by atoms with Crippen LogP contribution in [0.3, 0.4) is 0 Å². The van der Waals surface area contributed by atoms with Crippen LogP contribution in [-0.4, -0.2) is 168 Å². The van der Waals surface area contributed by atoms with E-state index in [0.717, 1.165) is 10.5 Å². The standard InChI is InChI=1S/C71H92N2O19/c1-40-31-41(2)33-62(88-9)66-63(89-10)36-44(5)71(85,92-66)67(81)68(82)73-29-12-11-13-52(73)69(83)91-65(43(4)35-48-18-25-55(76)61(38-48)87-8)45(6)58(79)39-59(80)50(32-40)28-30-90-70(84)72-51-21-19-49(20-22-51)64(56(77)26-16-46-14-23-53(74)42(3)34-46)57(78)27-17-47-15-24-54(75)60(37-47)86-7/h14-17,19-24,26-27,32,34-35,37,41,44-45,48,50,52,55,58,61-66,74-76,79,85H,11-13,18,25,28-31,33,36,38-39H2,1-10H3,(H,72,84)/b26-16+,27-17+,40-32+,43-35+/t41-,44+,45+,48-,50+,52-,55+,58-,61+,62-,63-,64?,65+,66+,71+/m0/s1. The highest BCUT2D eigenvalue weighted by Crippen LogP contribution is 2.40. The van der Waals surface area contributed by atoms with E-state index in [-0.39, 0.29) is 67.2 Å². The second-order valence-corrected chi connectivity index (χ2v) is 25.3. The number of piperidine rings is 1. The van der Waals surface area contributed by atoms with Crippen molar-refractivity contribution in [3.05, 3.63) is 118 Å². The van der Waals surface area contributed by atoms with Gasteiger partial charge < -0.3 is 63.6 Å². The van der Waals surface area contributed by atoms with Crippen LogP contribution in [0.5, 0.6) is 17.2 Å². The fourth-order valence-corrected chi connectivity index (χ4v) is 13.1. The summed E-state index contributed by atoms with van der Waals surface area (Å²) in [6.45, 7) is 10.3. The van der Waals surface area contributed by atoms with Crippen molar-refractivity contribution in [2.75, 3.05) is 46.9 Å². The number of hydrogen-bond acceptors (Lipinski definition) is 19. The average Bonchev–Trinajstić information content (AvgIpc) is 0.855. The fraction of sp³-hybridized carbons (Fsp3) is 0.535. The average molecular weight is 1280 g/mol. The number of rotatable bonds is 17. The highest BCUT2D eigenvalue weighted by molar-refractivity contribution is 6.39. The molecule has 4 aliphatic rings. The van der Waals surface area contributed by atoms with Gasteiger partial charge in [0.05, 0.1) is 44.2 Å². The largest absolute Gasteiger partial charge is 0.508 e. The van der Waals surface area contributed by atoms with Gasteiger partial charge in [-0.25, -0.2) is 9.59 Å². The number of carbonyl (C=O) groups is 7. The van der Waals surface area contributed by atoms with E-state index in [4.69, 9.17) is 33.2 Å². The number of fused-ring (bicyclic) bond motifs is 3. The van der Waals surface area contributed by atoms with Crippen LogP contribution < -0.4 is 10.1 Å². The molecule has 3 aliphatic heterocycles. The molecule has 15 atom stereocenters. The summed E-state index contributed by atoms with van der Waals surface area (Å²) in [5, 5.41) is 57.9. The summed E-state index contributed by atoms with van der Waals surface area (Å²) in [5.74, 6) is -11.5. The third-order valence-electron chi connectivity index (χ3n) is 18.5. The van der Waals surface area contributed by atoms with Crippen molar-refractivity contribution in [1.29, 1.82) is 0 Å². The molecule has 2 amide bonds. The van der Waals surface area contributed by atoms with Gasteiger partial charge in [0, 0.05) is 57.7 Å². The van der Waals surface area contributed by atoms with E-state index in [1.165, 1.54) is 89.1 Å². The monoisotopic (exact) mass is 1280 g/mol. The molecule has 6 N–H and O–H groups in total. The molecule has 500 valence electrons. The summed E-state index contributed by atoms with van der Waals surface area (Å²) in [6, 6.07) is 14.2. The van der Waals surface area contributed by atoms with Gasteiger partial charge in [-0.1, -0.05) is 74.9 Å². The normalized spacial score (nSPS) is 30.1. The number of aryl methyl sites for hydroxylation is 1. The molecule has 3 aromatic rings. The highest BCUT2D eigenvalue weighted by atomic mass is 16.7. The van der Waals surface area contributed by atoms with Gasteiger partial charge in [-0.15, -0.1) is 0 Å². The molecule has 0 spiro atoms. The van der Waals surface area contributed by atoms with Gasteiger partial charge in [-0.3, -0.25) is 29.3 Å². The van der Waals surface area contributed by atoms with Crippen LogP contribution in [0.4, 0.5) is 10.5 Å². The first-order valence-corrected chi connectivity index (χ1v) is 31.7. The topological polar surface area (TPSA) is 301 Å². The Labute approximate surface area is 538 Å². The molecule has 3 aromatic carbocycles. The fourth-order valence-electron chi connectivity index (χ4n) is 13.1. The number of methoxy groups -OCH3 is 4. The molecule has 0 radical (unpaired) electrons. The van der Waals surface area contributed by atoms with Crippen molar-refractivity contribution in [2.45, 2.75) is 173 Å². The lowest BCUT2D eigenvalue weighted by Gasteiger charge is -2.47. The molecule has 0 aromatic heterocycles. The molecule has 1 saturated carbocycles. The second-order valence-electron chi connectivity index (χ2n) is 25.3. The predicted octanol–water partition coefficient (Wildman–Crippen LogP) is 9.08. The summed E-state index contributed by atoms with van der Waals surface area (Å²) in [6.07, 6.45) is 5.34. The summed E-state index contributed by atoms with van der Waals surface area (Å²) in [4.78, 5) is 101. The third-order valence-corrected chi connectivity index (χ3v) is 18.5. The number of nitrogens with zero attached hydrogens (tertiary/aromatic N) is 1. The number of benzene rings is 3. The van der Waals surface area contributed by atoms with Crippen LogP contribution >= 0.6 is 0 Å². The quantitative estimate of drug-likeness (QED) is 0.0241. The Morgan fingerprint density at radius 1 is 0.772 bits per heavy atom. The number of allylic oxidation sites excluding steroid dienone is 5. The van der Waals surface area contributed by atoms with Gasteiger partial charge >= 0.3 is 12.1 Å². The van der Waals surface area contributed by atoms with Crippen molar-refractivity contribution in [3.8, 4) is 17.2 Å². The number of anilines is 1. The molecule has 1 unspecified atom stereocenters. The lowest BCUT2D eigenvalue weighted by atomic mass is 9.81. The molecule has 3 heterocycles. The van der Waals surface area contributed by atoms with Gasteiger partial charge in [-0.2, -0.15) is 0 Å². The number of carbonyl (C=O) groups excluding carboxylic acids is 7. The van der Waals surface area contributed by atoms with Crippen molar-refractivity contribution in [1.82, 2.24) is 4.90 Å². The number of nitrogens with one attached hydrogen (secondary N) is 1.